The number of nitrogens with one attached hydrogen (secondary N) is 1. The molecule has 2 aromatic heterocycles. The van der Waals surface area contributed by atoms with Gasteiger partial charge in [0.25, 0.3) is 0 Å². The molecular formula is C24H19N5O2S. The molecule has 0 radical (unpaired) electrons. The summed E-state index contributed by atoms with van der Waals surface area (Å²) in [7, 11) is -3.78. The van der Waals surface area contributed by atoms with Crippen molar-refractivity contribution in [2.45, 2.75) is 17.9 Å². The number of rotatable bonds is 4. The highest BCUT2D eigenvalue weighted by molar-refractivity contribution is 7.89. The Bertz CT molecular complexity index is 1480. The van der Waals surface area contributed by atoms with E-state index in [1.807, 2.05) is 42.5 Å². The Labute approximate surface area is 186 Å². The Balaban J connectivity index is 1.44. The second kappa shape index (κ2) is 8.04. The van der Waals surface area contributed by atoms with Crippen LogP contribution < -0.4 is 5.32 Å². The summed E-state index contributed by atoms with van der Waals surface area (Å²) in [5.41, 5.74) is 3.77. The van der Waals surface area contributed by atoms with Crippen LogP contribution in [0.25, 0.3) is 10.9 Å². The topological polar surface area (TPSA) is 99.0 Å². The molecule has 0 bridgehead atoms. The third-order valence-electron chi connectivity index (χ3n) is 5.59. The number of aromatic nitrogens is 2. The molecule has 0 atom stereocenters. The van der Waals surface area contributed by atoms with E-state index >= 15 is 0 Å². The van der Waals surface area contributed by atoms with Crippen LogP contribution in [-0.4, -0.2) is 29.2 Å². The Kier molecular flexibility index (Phi) is 5.05. The number of benzene rings is 2. The summed E-state index contributed by atoms with van der Waals surface area (Å²) in [6.45, 7) is 0.538. The molecule has 8 heteroatoms. The van der Waals surface area contributed by atoms with Crippen LogP contribution in [0.4, 0.5) is 11.5 Å². The molecule has 0 fully saturated rings. The fraction of sp³-hybridized carbons (Fsp3) is 0.125. The van der Waals surface area contributed by atoms with Crippen LogP contribution in [0.5, 0.6) is 0 Å². The van der Waals surface area contributed by atoms with E-state index in [0.29, 0.717) is 18.8 Å². The summed E-state index contributed by atoms with van der Waals surface area (Å²) >= 11 is 0. The number of hydrogen-bond acceptors (Lipinski definition) is 6. The Morgan fingerprint density at radius 2 is 1.84 bits per heavy atom. The maximum atomic E-state index is 13.2. The first-order valence-corrected chi connectivity index (χ1v) is 11.6. The quantitative estimate of drug-likeness (QED) is 0.514. The molecule has 1 aliphatic heterocycles. The van der Waals surface area contributed by atoms with Gasteiger partial charge in [0, 0.05) is 30.2 Å². The lowest BCUT2D eigenvalue weighted by atomic mass is 10.0. The van der Waals surface area contributed by atoms with E-state index in [2.05, 4.69) is 15.3 Å². The summed E-state index contributed by atoms with van der Waals surface area (Å²) in [6, 6.07) is 20.0. The molecule has 0 amide bonds. The van der Waals surface area contributed by atoms with Gasteiger partial charge < -0.3 is 5.32 Å². The first-order chi connectivity index (χ1) is 15.6. The summed E-state index contributed by atoms with van der Waals surface area (Å²) in [5.74, 6) is 0.703. The lowest BCUT2D eigenvalue weighted by Gasteiger charge is -2.29. The van der Waals surface area contributed by atoms with Crippen molar-refractivity contribution in [3.05, 3.63) is 89.7 Å². The van der Waals surface area contributed by atoms with Crippen LogP contribution in [0.2, 0.25) is 0 Å². The van der Waals surface area contributed by atoms with Gasteiger partial charge in [-0.05, 0) is 42.3 Å². The maximum Gasteiger partial charge on any atom is 0.244 e. The van der Waals surface area contributed by atoms with E-state index in [9.17, 15) is 13.7 Å². The molecule has 4 aromatic rings. The van der Waals surface area contributed by atoms with Crippen molar-refractivity contribution in [3.63, 3.8) is 0 Å². The first-order valence-electron chi connectivity index (χ1n) is 10.1. The number of fused-ring (bicyclic) bond motifs is 2. The number of nitriles is 1. The summed E-state index contributed by atoms with van der Waals surface area (Å²) in [6.07, 6.45) is 3.96. The van der Waals surface area contributed by atoms with Crippen molar-refractivity contribution in [1.29, 1.82) is 5.26 Å². The Morgan fingerprint density at radius 1 is 1.03 bits per heavy atom. The largest absolute Gasteiger partial charge is 0.339 e. The zero-order valence-corrected chi connectivity index (χ0v) is 17.9. The van der Waals surface area contributed by atoms with Crippen molar-refractivity contribution >= 4 is 32.4 Å². The highest BCUT2D eigenvalue weighted by Gasteiger charge is 2.31. The number of hydrogen-bond donors (Lipinski definition) is 1. The Morgan fingerprint density at radius 3 is 2.72 bits per heavy atom. The minimum Gasteiger partial charge on any atom is -0.339 e. The number of anilines is 2. The zero-order valence-electron chi connectivity index (χ0n) is 17.1. The van der Waals surface area contributed by atoms with Crippen LogP contribution in [-0.2, 0) is 23.0 Å². The standard InChI is InChI=1S/C24H19N5O2S/c25-14-18-6-2-4-8-23(18)32(30,31)29-12-10-21-19(16-29)9-11-26-24(21)28-20-13-17-5-1-3-7-22(17)27-15-20/h1-9,11,13,15H,10,12,16H2,(H,26,28). The smallest absolute Gasteiger partial charge is 0.244 e. The molecule has 2 aromatic carbocycles. The fourth-order valence-corrected chi connectivity index (χ4v) is 5.54. The monoisotopic (exact) mass is 441 g/mol. The first kappa shape index (κ1) is 20.1. The molecule has 0 saturated carbocycles. The number of pyridine rings is 2. The molecule has 32 heavy (non-hydrogen) atoms. The van der Waals surface area contributed by atoms with Gasteiger partial charge in [0.15, 0.2) is 0 Å². The van der Waals surface area contributed by atoms with Gasteiger partial charge in [-0.2, -0.15) is 9.57 Å². The maximum absolute atomic E-state index is 13.2. The van der Waals surface area contributed by atoms with E-state index in [4.69, 9.17) is 0 Å². The van der Waals surface area contributed by atoms with Gasteiger partial charge in [-0.1, -0.05) is 30.3 Å². The molecule has 1 N–H and O–H groups in total. The molecule has 0 spiro atoms. The average molecular weight is 442 g/mol. The lowest BCUT2D eigenvalue weighted by molar-refractivity contribution is 0.391. The SMILES string of the molecule is N#Cc1ccccc1S(=O)(=O)N1CCc2c(ccnc2Nc2cnc3ccccc3c2)C1. The van der Waals surface area contributed by atoms with Crippen molar-refractivity contribution in [2.24, 2.45) is 0 Å². The molecule has 3 heterocycles. The third-order valence-corrected chi connectivity index (χ3v) is 7.49. The summed E-state index contributed by atoms with van der Waals surface area (Å²) in [4.78, 5) is 9.01. The molecule has 0 unspecified atom stereocenters. The van der Waals surface area contributed by atoms with E-state index in [1.54, 1.807) is 24.5 Å². The Hall–Kier alpha value is -3.80. The van der Waals surface area contributed by atoms with Gasteiger partial charge >= 0.3 is 0 Å². The fourth-order valence-electron chi connectivity index (χ4n) is 3.98. The number of para-hydroxylation sites is 1. The van der Waals surface area contributed by atoms with Crippen molar-refractivity contribution in [3.8, 4) is 6.07 Å². The second-order valence-corrected chi connectivity index (χ2v) is 9.44. The van der Waals surface area contributed by atoms with Crippen LogP contribution in [0.3, 0.4) is 0 Å². The average Bonchev–Trinajstić information content (AvgIpc) is 2.83. The van der Waals surface area contributed by atoms with Crippen molar-refractivity contribution in [2.75, 3.05) is 11.9 Å². The number of nitrogens with zero attached hydrogens (tertiary/aromatic N) is 4. The van der Waals surface area contributed by atoms with Crippen molar-refractivity contribution in [1.82, 2.24) is 14.3 Å². The molecule has 7 nitrogen and oxygen atoms in total. The van der Waals surface area contributed by atoms with E-state index in [1.165, 1.54) is 16.4 Å². The van der Waals surface area contributed by atoms with Crippen LogP contribution in [0, 0.1) is 11.3 Å². The van der Waals surface area contributed by atoms with Crippen LogP contribution in [0.15, 0.2) is 78.0 Å². The van der Waals surface area contributed by atoms with Crippen LogP contribution >= 0.6 is 0 Å². The second-order valence-electron chi connectivity index (χ2n) is 7.54. The summed E-state index contributed by atoms with van der Waals surface area (Å²) < 4.78 is 27.8. The normalized spacial score (nSPS) is 14.0. The van der Waals surface area contributed by atoms with Gasteiger partial charge in [0.2, 0.25) is 10.0 Å². The van der Waals surface area contributed by atoms with Gasteiger partial charge in [-0.15, -0.1) is 0 Å². The lowest BCUT2D eigenvalue weighted by Crippen LogP contribution is -2.36. The van der Waals surface area contributed by atoms with Crippen molar-refractivity contribution < 1.29 is 8.42 Å². The molecule has 158 valence electrons. The molecule has 1 aliphatic rings. The third kappa shape index (κ3) is 3.58. The van der Waals surface area contributed by atoms with Gasteiger partial charge in [0.05, 0.1) is 27.9 Å². The predicted octanol–water partition coefficient (Wildman–Crippen LogP) is 3.99. The molecule has 0 saturated heterocycles. The summed E-state index contributed by atoms with van der Waals surface area (Å²) in [5, 5.41) is 13.7. The van der Waals surface area contributed by atoms with Gasteiger partial charge in [0.1, 0.15) is 11.9 Å². The zero-order chi connectivity index (χ0) is 22.1. The van der Waals surface area contributed by atoms with Gasteiger partial charge in [-0.3, -0.25) is 4.98 Å². The van der Waals surface area contributed by atoms with E-state index in [-0.39, 0.29) is 17.0 Å². The van der Waals surface area contributed by atoms with E-state index in [0.717, 1.165) is 27.7 Å². The highest BCUT2D eigenvalue weighted by atomic mass is 32.2. The van der Waals surface area contributed by atoms with E-state index < -0.39 is 10.0 Å². The van der Waals surface area contributed by atoms with Gasteiger partial charge in [-0.25, -0.2) is 13.4 Å². The molecular weight excluding hydrogens is 422 g/mol. The minimum atomic E-state index is -3.78. The highest BCUT2D eigenvalue weighted by Crippen LogP contribution is 2.31. The molecule has 5 rings (SSSR count). The molecule has 0 aliphatic carbocycles. The van der Waals surface area contributed by atoms with Crippen LogP contribution in [0.1, 0.15) is 16.7 Å². The predicted molar refractivity (Wildman–Crippen MR) is 122 cm³/mol. The minimum absolute atomic E-state index is 0.0422. The number of sulfonamides is 1.